The molecule has 3 atom stereocenters. The number of ether oxygens (including phenoxy) is 1. The molecule has 0 fully saturated rings. The molecule has 1 heterocycles. The molecule has 1 aliphatic heterocycles. The summed E-state index contributed by atoms with van der Waals surface area (Å²) in [5.74, 6) is 0.776. The van der Waals surface area contributed by atoms with E-state index in [9.17, 15) is 4.79 Å². The van der Waals surface area contributed by atoms with Crippen molar-refractivity contribution in [3.63, 3.8) is 0 Å². The first kappa shape index (κ1) is 20.5. The van der Waals surface area contributed by atoms with Crippen LogP contribution in [-0.4, -0.2) is 40.3 Å². The predicted octanol–water partition coefficient (Wildman–Crippen LogP) is 4.35. The Kier molecular flexibility index (Phi) is 6.09. The summed E-state index contributed by atoms with van der Waals surface area (Å²) in [6.07, 6.45) is 6.46. The van der Waals surface area contributed by atoms with Crippen molar-refractivity contribution >= 4 is 17.3 Å². The zero-order valence-corrected chi connectivity index (χ0v) is 18.0. The number of benzene rings is 2. The molecule has 1 amide bonds. The Morgan fingerprint density at radius 3 is 2.73 bits per heavy atom. The van der Waals surface area contributed by atoms with E-state index < -0.39 is 0 Å². The van der Waals surface area contributed by atoms with E-state index in [2.05, 4.69) is 78.2 Å². The van der Waals surface area contributed by atoms with Gasteiger partial charge in [0.05, 0.1) is 6.04 Å². The van der Waals surface area contributed by atoms with Crippen LogP contribution in [0.5, 0.6) is 0 Å². The van der Waals surface area contributed by atoms with Gasteiger partial charge in [0.25, 0.3) is 5.91 Å². The highest BCUT2D eigenvalue weighted by atomic mass is 16.5. The van der Waals surface area contributed by atoms with Gasteiger partial charge in [0.1, 0.15) is 0 Å². The number of amides is 1. The van der Waals surface area contributed by atoms with Gasteiger partial charge in [-0.15, -0.1) is 0 Å². The first-order chi connectivity index (χ1) is 14.6. The van der Waals surface area contributed by atoms with Crippen LogP contribution in [0.4, 0.5) is 11.4 Å². The Bertz CT molecular complexity index is 920. The van der Waals surface area contributed by atoms with Gasteiger partial charge in [0, 0.05) is 57.2 Å². The molecule has 0 aromatic heterocycles. The minimum atomic E-state index is -0.0196. The van der Waals surface area contributed by atoms with E-state index in [1.165, 1.54) is 16.8 Å². The number of hydrogen-bond acceptors (Lipinski definition) is 4. The van der Waals surface area contributed by atoms with Crippen LogP contribution in [0.15, 0.2) is 54.6 Å². The standard InChI is InChI=1S/C25H31N3O2/c1-28(2)19-11-8-17(9-12-19)24-21-7-4-6-20(21)22-16-18(10-13-23(22)27-24)25(29)26-14-5-15-30-3/h4,6,8-13,16,20-21,24,27H,5,7,14-15H2,1-3H3,(H,26,29). The molecular weight excluding hydrogens is 374 g/mol. The molecule has 4 rings (SSSR count). The van der Waals surface area contributed by atoms with Crippen LogP contribution in [0.1, 0.15) is 46.3 Å². The molecule has 2 aromatic carbocycles. The third-order valence-corrected chi connectivity index (χ3v) is 6.20. The van der Waals surface area contributed by atoms with Crippen molar-refractivity contribution in [3.8, 4) is 0 Å². The Morgan fingerprint density at radius 1 is 1.20 bits per heavy atom. The summed E-state index contributed by atoms with van der Waals surface area (Å²) in [6.45, 7) is 1.28. The summed E-state index contributed by atoms with van der Waals surface area (Å²) in [4.78, 5) is 14.7. The number of carbonyl (C=O) groups is 1. The highest BCUT2D eigenvalue weighted by Crippen LogP contribution is 2.50. The van der Waals surface area contributed by atoms with Crippen molar-refractivity contribution in [2.45, 2.75) is 24.8 Å². The van der Waals surface area contributed by atoms with Crippen LogP contribution >= 0.6 is 0 Å². The fourth-order valence-corrected chi connectivity index (χ4v) is 4.57. The predicted molar refractivity (Wildman–Crippen MR) is 122 cm³/mol. The van der Waals surface area contributed by atoms with E-state index in [-0.39, 0.29) is 11.9 Å². The molecule has 30 heavy (non-hydrogen) atoms. The fraction of sp³-hybridized carbons (Fsp3) is 0.400. The van der Waals surface area contributed by atoms with Gasteiger partial charge < -0.3 is 20.3 Å². The maximum atomic E-state index is 12.6. The van der Waals surface area contributed by atoms with Gasteiger partial charge in [-0.1, -0.05) is 24.3 Å². The zero-order chi connectivity index (χ0) is 21.1. The second-order valence-corrected chi connectivity index (χ2v) is 8.37. The van der Waals surface area contributed by atoms with Crippen LogP contribution in [0.2, 0.25) is 0 Å². The van der Waals surface area contributed by atoms with Gasteiger partial charge in [-0.25, -0.2) is 0 Å². The van der Waals surface area contributed by atoms with Crippen LogP contribution in [-0.2, 0) is 4.74 Å². The molecule has 3 unspecified atom stereocenters. The van der Waals surface area contributed by atoms with Crippen molar-refractivity contribution in [2.75, 3.05) is 44.6 Å². The zero-order valence-electron chi connectivity index (χ0n) is 18.0. The minimum Gasteiger partial charge on any atom is -0.385 e. The molecule has 0 saturated heterocycles. The summed E-state index contributed by atoms with van der Waals surface area (Å²) in [5, 5.41) is 6.75. The van der Waals surface area contributed by atoms with Crippen LogP contribution in [0.3, 0.4) is 0 Å². The van der Waals surface area contributed by atoms with E-state index in [1.54, 1.807) is 7.11 Å². The number of hydrogen-bond donors (Lipinski definition) is 2. The van der Waals surface area contributed by atoms with Crippen molar-refractivity contribution in [2.24, 2.45) is 5.92 Å². The molecule has 5 nitrogen and oxygen atoms in total. The lowest BCUT2D eigenvalue weighted by Gasteiger charge is -2.38. The number of nitrogens with one attached hydrogen (secondary N) is 2. The van der Waals surface area contributed by atoms with Gasteiger partial charge in [0.15, 0.2) is 0 Å². The highest BCUT2D eigenvalue weighted by Gasteiger charge is 2.38. The summed E-state index contributed by atoms with van der Waals surface area (Å²) in [7, 11) is 5.80. The fourth-order valence-electron chi connectivity index (χ4n) is 4.57. The molecule has 0 saturated carbocycles. The Hall–Kier alpha value is -2.79. The Morgan fingerprint density at radius 2 is 2.00 bits per heavy atom. The summed E-state index contributed by atoms with van der Waals surface area (Å²) in [6, 6.07) is 15.1. The SMILES string of the molecule is COCCCNC(=O)c1ccc2c(c1)C1C=CCC1C(c1ccc(N(C)C)cc1)N2. The van der Waals surface area contributed by atoms with Crippen molar-refractivity contribution < 1.29 is 9.53 Å². The number of carbonyl (C=O) groups excluding carboxylic acids is 1. The minimum absolute atomic E-state index is 0.0196. The van der Waals surface area contributed by atoms with Crippen molar-refractivity contribution in [3.05, 3.63) is 71.3 Å². The first-order valence-electron chi connectivity index (χ1n) is 10.7. The van der Waals surface area contributed by atoms with Crippen LogP contribution in [0, 0.1) is 5.92 Å². The van der Waals surface area contributed by atoms with Crippen molar-refractivity contribution in [1.29, 1.82) is 0 Å². The van der Waals surface area contributed by atoms with Crippen LogP contribution in [0.25, 0.3) is 0 Å². The monoisotopic (exact) mass is 405 g/mol. The molecule has 2 aliphatic rings. The molecular formula is C25H31N3O2. The molecule has 1 aliphatic carbocycles. The van der Waals surface area contributed by atoms with Gasteiger partial charge in [0.2, 0.25) is 0 Å². The smallest absolute Gasteiger partial charge is 0.251 e. The molecule has 158 valence electrons. The summed E-state index contributed by atoms with van der Waals surface area (Å²) < 4.78 is 5.05. The number of rotatable bonds is 7. The molecule has 0 spiro atoms. The molecule has 5 heteroatoms. The van der Waals surface area contributed by atoms with Crippen LogP contribution < -0.4 is 15.5 Å². The first-order valence-corrected chi connectivity index (χ1v) is 10.7. The Balaban J connectivity index is 1.55. The molecule has 2 aromatic rings. The average Bonchev–Trinajstić information content (AvgIpc) is 3.26. The van der Waals surface area contributed by atoms with E-state index in [0.29, 0.717) is 25.0 Å². The second kappa shape index (κ2) is 8.92. The number of allylic oxidation sites excluding steroid dienone is 2. The molecule has 0 radical (unpaired) electrons. The van der Waals surface area contributed by atoms with Gasteiger partial charge in [-0.05, 0) is 60.2 Å². The topological polar surface area (TPSA) is 53.6 Å². The Labute approximate surface area is 179 Å². The van der Waals surface area contributed by atoms with Gasteiger partial charge >= 0.3 is 0 Å². The lowest BCUT2D eigenvalue weighted by molar-refractivity contribution is 0.0948. The van der Waals surface area contributed by atoms with Gasteiger partial charge in [-0.3, -0.25) is 4.79 Å². The number of nitrogens with zero attached hydrogens (tertiary/aromatic N) is 1. The van der Waals surface area contributed by atoms with Gasteiger partial charge in [-0.2, -0.15) is 0 Å². The second-order valence-electron chi connectivity index (χ2n) is 8.37. The molecule has 0 bridgehead atoms. The summed E-state index contributed by atoms with van der Waals surface area (Å²) in [5.41, 5.74) is 5.59. The quantitative estimate of drug-likeness (QED) is 0.531. The lowest BCUT2D eigenvalue weighted by atomic mass is 9.76. The van der Waals surface area contributed by atoms with E-state index in [0.717, 1.165) is 24.1 Å². The highest BCUT2D eigenvalue weighted by molar-refractivity contribution is 5.95. The third-order valence-electron chi connectivity index (χ3n) is 6.20. The summed E-state index contributed by atoms with van der Waals surface area (Å²) >= 11 is 0. The van der Waals surface area contributed by atoms with E-state index >= 15 is 0 Å². The number of fused-ring (bicyclic) bond motifs is 3. The normalized spacial score (nSPS) is 21.5. The number of methoxy groups -OCH3 is 1. The lowest BCUT2D eigenvalue weighted by Crippen LogP contribution is -2.30. The molecule has 2 N–H and O–H groups in total. The maximum absolute atomic E-state index is 12.6. The van der Waals surface area contributed by atoms with E-state index in [1.807, 2.05) is 6.07 Å². The average molecular weight is 406 g/mol. The largest absolute Gasteiger partial charge is 0.385 e. The number of anilines is 2. The van der Waals surface area contributed by atoms with Crippen molar-refractivity contribution in [1.82, 2.24) is 5.32 Å². The maximum Gasteiger partial charge on any atom is 0.251 e. The third kappa shape index (κ3) is 4.08. The van der Waals surface area contributed by atoms with E-state index in [4.69, 9.17) is 4.74 Å².